The average Bonchev–Trinajstić information content (AvgIpc) is 3.15. The summed E-state index contributed by atoms with van der Waals surface area (Å²) in [5.74, 6) is 0.605. The van der Waals surface area contributed by atoms with Gasteiger partial charge in [-0.05, 0) is 24.3 Å². The minimum Gasteiger partial charge on any atom is -0.393 e. The van der Waals surface area contributed by atoms with E-state index in [1.165, 1.54) is 11.1 Å². The topological polar surface area (TPSA) is 88.0 Å². The van der Waals surface area contributed by atoms with E-state index in [-0.39, 0.29) is 29.9 Å². The van der Waals surface area contributed by atoms with Gasteiger partial charge < -0.3 is 9.74 Å². The van der Waals surface area contributed by atoms with E-state index in [0.717, 1.165) is 57.6 Å². The molecular weight excluding hydrogens is 358 g/mol. The smallest absolute Gasteiger partial charge is 0.230 e. The van der Waals surface area contributed by atoms with Crippen LogP contribution in [-0.4, -0.2) is 58.6 Å². The molecule has 0 unspecified atom stereocenters. The average molecular weight is 385 g/mol. The quantitative estimate of drug-likeness (QED) is 0.438. The van der Waals surface area contributed by atoms with Crippen molar-refractivity contribution < 1.29 is 14.4 Å². The normalized spacial score (nSPS) is 23.1. The first-order valence-corrected chi connectivity index (χ1v) is 10.2. The van der Waals surface area contributed by atoms with E-state index in [2.05, 4.69) is 20.0 Å². The zero-order valence-corrected chi connectivity index (χ0v) is 16.1. The van der Waals surface area contributed by atoms with Gasteiger partial charge in [-0.2, -0.15) is 0 Å². The molecule has 3 heterocycles. The number of anilines is 1. The van der Waals surface area contributed by atoms with Crippen molar-refractivity contribution in [2.24, 2.45) is 10.6 Å². The van der Waals surface area contributed by atoms with E-state index in [1.54, 1.807) is 18.5 Å². The summed E-state index contributed by atoms with van der Waals surface area (Å²) < 4.78 is 0. The van der Waals surface area contributed by atoms with Crippen LogP contribution in [0.25, 0.3) is 0 Å². The number of hydrogen-bond acceptors (Lipinski definition) is 7. The highest BCUT2D eigenvalue weighted by Gasteiger charge is 2.44. The maximum absolute atomic E-state index is 12.4. The SMILES string of the molecule is O=C1CC2(CCCC2)CC(=O)N1C/C=N/OC1CCN(c2ncccn2)CC1. The molecule has 0 aromatic carbocycles. The Balaban J connectivity index is 1.21. The molecule has 28 heavy (non-hydrogen) atoms. The summed E-state index contributed by atoms with van der Waals surface area (Å²) in [6.07, 6.45) is 12.0. The molecule has 1 aliphatic carbocycles. The number of aromatic nitrogens is 2. The zero-order valence-electron chi connectivity index (χ0n) is 16.1. The van der Waals surface area contributed by atoms with Gasteiger partial charge in [-0.25, -0.2) is 9.97 Å². The van der Waals surface area contributed by atoms with Gasteiger partial charge in [0, 0.05) is 51.2 Å². The minimum absolute atomic E-state index is 0.0331. The molecule has 4 rings (SSSR count). The molecule has 0 radical (unpaired) electrons. The molecule has 3 aliphatic rings. The number of nitrogens with zero attached hydrogens (tertiary/aromatic N) is 5. The summed E-state index contributed by atoms with van der Waals surface area (Å²) >= 11 is 0. The molecule has 1 aromatic rings. The third-order valence-corrected chi connectivity index (χ3v) is 6.14. The van der Waals surface area contributed by atoms with Gasteiger partial charge >= 0.3 is 0 Å². The van der Waals surface area contributed by atoms with Crippen molar-refractivity contribution in [2.75, 3.05) is 24.5 Å². The highest BCUT2D eigenvalue weighted by Crippen LogP contribution is 2.46. The van der Waals surface area contributed by atoms with Gasteiger partial charge in [0.1, 0.15) is 6.10 Å². The number of imide groups is 1. The molecule has 150 valence electrons. The molecular formula is C20H27N5O3. The highest BCUT2D eigenvalue weighted by molar-refractivity contribution is 6.00. The molecule has 1 spiro atoms. The van der Waals surface area contributed by atoms with Gasteiger partial charge in [0.15, 0.2) is 0 Å². The third-order valence-electron chi connectivity index (χ3n) is 6.14. The molecule has 0 N–H and O–H groups in total. The fourth-order valence-corrected chi connectivity index (χ4v) is 4.58. The number of piperidine rings is 2. The molecule has 3 fully saturated rings. The van der Waals surface area contributed by atoms with Gasteiger partial charge in [0.25, 0.3) is 0 Å². The van der Waals surface area contributed by atoms with Crippen molar-refractivity contribution in [2.45, 2.75) is 57.5 Å². The Hall–Kier alpha value is -2.51. The number of hydrogen-bond donors (Lipinski definition) is 0. The van der Waals surface area contributed by atoms with Gasteiger partial charge in [-0.15, -0.1) is 0 Å². The Morgan fingerprint density at radius 3 is 2.39 bits per heavy atom. The Kier molecular flexibility index (Phi) is 5.54. The highest BCUT2D eigenvalue weighted by atomic mass is 16.6. The van der Waals surface area contributed by atoms with Crippen LogP contribution in [0.15, 0.2) is 23.6 Å². The molecule has 2 aliphatic heterocycles. The zero-order chi connectivity index (χ0) is 19.4. The second-order valence-electron chi connectivity index (χ2n) is 8.09. The fraction of sp³-hybridized carbons (Fsp3) is 0.650. The molecule has 1 saturated carbocycles. The second kappa shape index (κ2) is 8.24. The van der Waals surface area contributed by atoms with Crippen molar-refractivity contribution in [1.29, 1.82) is 0 Å². The maximum atomic E-state index is 12.4. The van der Waals surface area contributed by atoms with Gasteiger partial charge in [-0.1, -0.05) is 18.0 Å². The fourth-order valence-electron chi connectivity index (χ4n) is 4.58. The summed E-state index contributed by atoms with van der Waals surface area (Å²) in [4.78, 5) is 42.4. The van der Waals surface area contributed by atoms with Crippen LogP contribution in [0.1, 0.15) is 51.4 Å². The molecule has 8 heteroatoms. The molecule has 8 nitrogen and oxygen atoms in total. The van der Waals surface area contributed by atoms with Crippen LogP contribution >= 0.6 is 0 Å². The Labute approximate surface area is 164 Å². The van der Waals surface area contributed by atoms with Gasteiger partial charge in [-0.3, -0.25) is 14.5 Å². The van der Waals surface area contributed by atoms with E-state index >= 15 is 0 Å². The molecule has 0 atom stereocenters. The lowest BCUT2D eigenvalue weighted by Gasteiger charge is -2.36. The molecule has 2 amide bonds. The summed E-state index contributed by atoms with van der Waals surface area (Å²) in [6, 6.07) is 1.81. The van der Waals surface area contributed by atoms with Crippen molar-refractivity contribution in [1.82, 2.24) is 14.9 Å². The molecule has 1 aromatic heterocycles. The van der Waals surface area contributed by atoms with Crippen LogP contribution in [0.3, 0.4) is 0 Å². The number of amides is 2. The first-order valence-electron chi connectivity index (χ1n) is 10.2. The van der Waals surface area contributed by atoms with Crippen LogP contribution < -0.4 is 4.90 Å². The first-order chi connectivity index (χ1) is 13.7. The predicted octanol–water partition coefficient (Wildman–Crippen LogP) is 2.16. The van der Waals surface area contributed by atoms with Crippen molar-refractivity contribution >= 4 is 24.0 Å². The molecule has 2 saturated heterocycles. The number of rotatable bonds is 5. The summed E-state index contributed by atoms with van der Waals surface area (Å²) in [5.41, 5.74) is -0.0608. The standard InChI is InChI=1S/C20H27N5O3/c26-17-14-20(6-1-2-7-20)15-18(27)25(17)13-10-23-28-16-4-11-24(12-5-16)19-21-8-3-9-22-19/h3,8-10,16H,1-2,4-7,11-15H2/b23-10+. The van der Waals surface area contributed by atoms with Crippen molar-refractivity contribution in [3.8, 4) is 0 Å². The largest absolute Gasteiger partial charge is 0.393 e. The van der Waals surface area contributed by atoms with Gasteiger partial charge in [0.2, 0.25) is 17.8 Å². The summed E-state index contributed by atoms with van der Waals surface area (Å²) in [6.45, 7) is 1.83. The number of carbonyl (C=O) groups is 2. The number of likely N-dealkylation sites (tertiary alicyclic amines) is 1. The summed E-state index contributed by atoms with van der Waals surface area (Å²) in [5, 5.41) is 4.02. The number of oxime groups is 1. The Bertz CT molecular complexity index is 705. The monoisotopic (exact) mass is 385 g/mol. The predicted molar refractivity (Wildman–Crippen MR) is 104 cm³/mol. The second-order valence-corrected chi connectivity index (χ2v) is 8.09. The van der Waals surface area contributed by atoms with Gasteiger partial charge in [0.05, 0.1) is 12.8 Å². The lowest BCUT2D eigenvalue weighted by Crippen LogP contribution is -2.47. The lowest BCUT2D eigenvalue weighted by molar-refractivity contribution is -0.152. The van der Waals surface area contributed by atoms with Crippen LogP contribution in [0.2, 0.25) is 0 Å². The lowest BCUT2D eigenvalue weighted by atomic mass is 9.76. The van der Waals surface area contributed by atoms with Crippen LogP contribution in [0, 0.1) is 5.41 Å². The van der Waals surface area contributed by atoms with Crippen LogP contribution in [-0.2, 0) is 14.4 Å². The van der Waals surface area contributed by atoms with E-state index in [9.17, 15) is 9.59 Å². The van der Waals surface area contributed by atoms with Crippen molar-refractivity contribution in [3.05, 3.63) is 18.5 Å². The van der Waals surface area contributed by atoms with Crippen molar-refractivity contribution in [3.63, 3.8) is 0 Å². The number of carbonyl (C=O) groups excluding carboxylic acids is 2. The molecule has 0 bridgehead atoms. The van der Waals surface area contributed by atoms with E-state index in [4.69, 9.17) is 4.84 Å². The first kappa shape index (κ1) is 18.8. The van der Waals surface area contributed by atoms with E-state index < -0.39 is 0 Å². The Morgan fingerprint density at radius 2 is 1.75 bits per heavy atom. The van der Waals surface area contributed by atoms with Crippen LogP contribution in [0.4, 0.5) is 5.95 Å². The van der Waals surface area contributed by atoms with E-state index in [0.29, 0.717) is 12.8 Å². The van der Waals surface area contributed by atoms with Crippen LogP contribution in [0.5, 0.6) is 0 Å². The summed E-state index contributed by atoms with van der Waals surface area (Å²) in [7, 11) is 0. The third kappa shape index (κ3) is 4.15. The Morgan fingerprint density at radius 1 is 1.11 bits per heavy atom. The maximum Gasteiger partial charge on any atom is 0.230 e. The van der Waals surface area contributed by atoms with E-state index in [1.807, 2.05) is 0 Å². The minimum atomic E-state index is -0.0687.